The zero-order valence-electron chi connectivity index (χ0n) is 15.0. The minimum Gasteiger partial charge on any atom is -0.508 e. The Hall–Kier alpha value is -3.48. The Morgan fingerprint density at radius 3 is 2.37 bits per heavy atom. The molecule has 0 saturated carbocycles. The molecule has 2 N–H and O–H groups in total. The number of rotatable bonds is 3. The highest BCUT2D eigenvalue weighted by atomic mass is 16.5. The number of benzene rings is 2. The Morgan fingerprint density at radius 1 is 1.07 bits per heavy atom. The fourth-order valence-corrected chi connectivity index (χ4v) is 3.45. The minimum atomic E-state index is -0.556. The van der Waals surface area contributed by atoms with E-state index in [1.165, 1.54) is 4.90 Å². The van der Waals surface area contributed by atoms with Gasteiger partial charge in [-0.05, 0) is 42.0 Å². The third kappa shape index (κ3) is 2.77. The number of nitrogens with one attached hydrogen (secondary N) is 1. The van der Waals surface area contributed by atoms with Crippen LogP contribution >= 0.6 is 0 Å². The molecule has 4 rings (SSSR count). The van der Waals surface area contributed by atoms with E-state index in [9.17, 15) is 14.7 Å². The summed E-state index contributed by atoms with van der Waals surface area (Å²) in [6.45, 7) is 0.318. The van der Waals surface area contributed by atoms with Gasteiger partial charge in [-0.25, -0.2) is 4.79 Å². The Bertz CT molecular complexity index is 935. The average Bonchev–Trinajstić information content (AvgIpc) is 3.03. The number of hydrogen-bond donors (Lipinski definition) is 2. The lowest BCUT2D eigenvalue weighted by Gasteiger charge is -2.31. The molecule has 138 valence electrons. The highest BCUT2D eigenvalue weighted by Crippen LogP contribution is 2.38. The summed E-state index contributed by atoms with van der Waals surface area (Å²) < 4.78 is 5.17. The smallest absolute Gasteiger partial charge is 0.322 e. The van der Waals surface area contributed by atoms with Crippen LogP contribution in [0.4, 0.5) is 10.5 Å². The first-order valence-electron chi connectivity index (χ1n) is 8.51. The highest BCUT2D eigenvalue weighted by molar-refractivity contribution is 6.11. The van der Waals surface area contributed by atoms with Crippen LogP contribution in [-0.4, -0.2) is 42.6 Å². The SMILES string of the molecule is COc1ccc(N2CC3=C(C2=O)C(c2ccc(O)cc2)NC(=O)N3C)cc1. The maximum atomic E-state index is 13.2. The van der Waals surface area contributed by atoms with Gasteiger partial charge in [-0.3, -0.25) is 9.69 Å². The number of anilines is 1. The Morgan fingerprint density at radius 2 is 1.74 bits per heavy atom. The first-order valence-corrected chi connectivity index (χ1v) is 8.51. The lowest BCUT2D eigenvalue weighted by atomic mass is 9.95. The topological polar surface area (TPSA) is 82.1 Å². The van der Waals surface area contributed by atoms with Gasteiger partial charge < -0.3 is 20.1 Å². The highest BCUT2D eigenvalue weighted by Gasteiger charge is 2.43. The van der Waals surface area contributed by atoms with Crippen molar-refractivity contribution < 1.29 is 19.4 Å². The van der Waals surface area contributed by atoms with Crippen molar-refractivity contribution >= 4 is 17.6 Å². The number of carbonyl (C=O) groups is 2. The molecule has 7 nitrogen and oxygen atoms in total. The van der Waals surface area contributed by atoms with Crippen LogP contribution in [0.2, 0.25) is 0 Å². The number of amides is 3. The molecular weight excluding hydrogens is 346 g/mol. The molecule has 2 aromatic carbocycles. The van der Waals surface area contributed by atoms with E-state index in [1.54, 1.807) is 55.5 Å². The van der Waals surface area contributed by atoms with Crippen molar-refractivity contribution in [2.75, 3.05) is 25.6 Å². The lowest BCUT2D eigenvalue weighted by molar-refractivity contribution is -0.114. The van der Waals surface area contributed by atoms with E-state index in [4.69, 9.17) is 4.74 Å². The van der Waals surface area contributed by atoms with E-state index >= 15 is 0 Å². The molecule has 0 aromatic heterocycles. The maximum Gasteiger partial charge on any atom is 0.322 e. The van der Waals surface area contributed by atoms with Gasteiger partial charge in [0.05, 0.1) is 31.0 Å². The van der Waals surface area contributed by atoms with Gasteiger partial charge in [0, 0.05) is 12.7 Å². The van der Waals surface area contributed by atoms with Crippen molar-refractivity contribution in [2.24, 2.45) is 0 Å². The maximum absolute atomic E-state index is 13.2. The zero-order chi connectivity index (χ0) is 19.1. The first kappa shape index (κ1) is 17.0. The predicted octanol–water partition coefficient (Wildman–Crippen LogP) is 2.40. The third-order valence-corrected chi connectivity index (χ3v) is 4.97. The number of phenolic OH excluding ortho intramolecular Hbond substituents is 1. The molecule has 2 aromatic rings. The van der Waals surface area contributed by atoms with E-state index in [-0.39, 0.29) is 17.7 Å². The molecule has 27 heavy (non-hydrogen) atoms. The van der Waals surface area contributed by atoms with Gasteiger partial charge in [0.2, 0.25) is 0 Å². The summed E-state index contributed by atoms with van der Waals surface area (Å²) in [5.74, 6) is 0.684. The molecule has 0 bridgehead atoms. The summed E-state index contributed by atoms with van der Waals surface area (Å²) in [6, 6.07) is 12.9. The number of phenols is 1. The number of nitrogens with zero attached hydrogens (tertiary/aromatic N) is 2. The Balaban J connectivity index is 1.72. The van der Waals surface area contributed by atoms with Crippen LogP contribution in [-0.2, 0) is 4.79 Å². The van der Waals surface area contributed by atoms with Crippen molar-refractivity contribution in [3.05, 3.63) is 65.4 Å². The van der Waals surface area contributed by atoms with Gasteiger partial charge in [0.1, 0.15) is 11.5 Å². The number of ether oxygens (including phenoxy) is 1. The van der Waals surface area contributed by atoms with Crippen molar-refractivity contribution in [1.29, 1.82) is 0 Å². The predicted molar refractivity (Wildman–Crippen MR) is 99.5 cm³/mol. The largest absolute Gasteiger partial charge is 0.508 e. The van der Waals surface area contributed by atoms with Crippen LogP contribution in [0.25, 0.3) is 0 Å². The molecule has 0 aliphatic carbocycles. The monoisotopic (exact) mass is 365 g/mol. The van der Waals surface area contributed by atoms with Crippen LogP contribution in [0, 0.1) is 0 Å². The average molecular weight is 365 g/mol. The second-order valence-corrected chi connectivity index (χ2v) is 6.48. The quantitative estimate of drug-likeness (QED) is 0.875. The molecule has 0 fully saturated rings. The third-order valence-electron chi connectivity index (χ3n) is 4.97. The van der Waals surface area contributed by atoms with Crippen LogP contribution in [0.5, 0.6) is 11.5 Å². The minimum absolute atomic E-state index is 0.129. The summed E-state index contributed by atoms with van der Waals surface area (Å²) in [5.41, 5.74) is 2.70. The number of carbonyl (C=O) groups excluding carboxylic acids is 2. The molecule has 0 radical (unpaired) electrons. The standard InChI is InChI=1S/C20H19N3O4/c1-22-16-11-23(13-5-9-15(27-2)10-6-13)19(25)17(16)18(21-20(22)26)12-3-7-14(24)8-4-12/h3-10,18,24H,11H2,1-2H3,(H,21,26). The van der Waals surface area contributed by atoms with Gasteiger partial charge in [0.15, 0.2) is 0 Å². The summed E-state index contributed by atoms with van der Waals surface area (Å²) in [7, 11) is 3.24. The number of aromatic hydroxyl groups is 1. The van der Waals surface area contributed by atoms with Crippen molar-refractivity contribution in [1.82, 2.24) is 10.2 Å². The van der Waals surface area contributed by atoms with Crippen molar-refractivity contribution in [2.45, 2.75) is 6.04 Å². The van der Waals surface area contributed by atoms with Gasteiger partial charge in [-0.2, -0.15) is 0 Å². The lowest BCUT2D eigenvalue weighted by Crippen LogP contribution is -2.45. The molecule has 1 unspecified atom stereocenters. The van der Waals surface area contributed by atoms with Gasteiger partial charge in [-0.1, -0.05) is 12.1 Å². The Labute approximate surface area is 156 Å². The summed E-state index contributed by atoms with van der Waals surface area (Å²) >= 11 is 0. The number of methoxy groups -OCH3 is 1. The van der Waals surface area contributed by atoms with Crippen LogP contribution in [0.15, 0.2) is 59.8 Å². The summed E-state index contributed by atoms with van der Waals surface area (Å²) in [5, 5.41) is 12.4. The number of hydrogen-bond acceptors (Lipinski definition) is 4. The van der Waals surface area contributed by atoms with E-state index in [0.29, 0.717) is 23.6 Å². The first-order chi connectivity index (χ1) is 13.0. The van der Waals surface area contributed by atoms with Crippen LogP contribution in [0.1, 0.15) is 11.6 Å². The fraction of sp³-hybridized carbons (Fsp3) is 0.200. The molecule has 0 saturated heterocycles. The summed E-state index contributed by atoms with van der Waals surface area (Å²) in [4.78, 5) is 28.7. The molecule has 2 heterocycles. The second-order valence-electron chi connectivity index (χ2n) is 6.48. The van der Waals surface area contributed by atoms with E-state index in [2.05, 4.69) is 5.32 Å². The number of likely N-dealkylation sites (N-methyl/N-ethyl adjacent to an activating group) is 1. The molecule has 1 atom stereocenters. The molecule has 7 heteroatoms. The van der Waals surface area contributed by atoms with Crippen molar-refractivity contribution in [3.8, 4) is 11.5 Å². The summed E-state index contributed by atoms with van der Waals surface area (Å²) in [6.07, 6.45) is 0. The zero-order valence-corrected chi connectivity index (χ0v) is 15.0. The van der Waals surface area contributed by atoms with Gasteiger partial charge in [0.25, 0.3) is 5.91 Å². The van der Waals surface area contributed by atoms with Crippen LogP contribution in [0.3, 0.4) is 0 Å². The second kappa shape index (κ2) is 6.35. The number of urea groups is 1. The van der Waals surface area contributed by atoms with Crippen molar-refractivity contribution in [3.63, 3.8) is 0 Å². The molecular formula is C20H19N3O4. The fourth-order valence-electron chi connectivity index (χ4n) is 3.45. The Kier molecular flexibility index (Phi) is 3.99. The van der Waals surface area contributed by atoms with Gasteiger partial charge in [-0.15, -0.1) is 0 Å². The van der Waals surface area contributed by atoms with Crippen LogP contribution < -0.4 is 15.0 Å². The van der Waals surface area contributed by atoms with E-state index < -0.39 is 6.04 Å². The molecule has 0 spiro atoms. The molecule has 2 aliphatic rings. The van der Waals surface area contributed by atoms with E-state index in [1.807, 2.05) is 12.1 Å². The molecule has 3 amide bonds. The van der Waals surface area contributed by atoms with E-state index in [0.717, 1.165) is 11.3 Å². The normalized spacial score (nSPS) is 19.3. The molecule has 2 aliphatic heterocycles. The van der Waals surface area contributed by atoms with Gasteiger partial charge >= 0.3 is 6.03 Å².